The van der Waals surface area contributed by atoms with E-state index in [0.29, 0.717) is 5.56 Å². The molecular formula is C13H16ClFN2O. The fourth-order valence-corrected chi connectivity index (χ4v) is 2.20. The van der Waals surface area contributed by atoms with Gasteiger partial charge in [0.05, 0.1) is 17.1 Å². The molecule has 1 aliphatic rings. The first-order valence-electron chi connectivity index (χ1n) is 6.06. The van der Waals surface area contributed by atoms with Crippen molar-refractivity contribution < 1.29 is 9.18 Å². The van der Waals surface area contributed by atoms with Gasteiger partial charge < -0.3 is 10.6 Å². The van der Waals surface area contributed by atoms with Crippen molar-refractivity contribution in [3.05, 3.63) is 34.6 Å². The van der Waals surface area contributed by atoms with Crippen molar-refractivity contribution in [2.45, 2.75) is 31.8 Å². The molecule has 18 heavy (non-hydrogen) atoms. The molecule has 2 N–H and O–H groups in total. The Kier molecular flexibility index (Phi) is 4.19. The minimum Gasteiger partial charge on any atom is -0.348 e. The SMILES string of the molecule is CC(NC(=O)C1CCCN1)c1ccc(Cl)c(F)c1. The first-order chi connectivity index (χ1) is 8.58. The summed E-state index contributed by atoms with van der Waals surface area (Å²) in [5.74, 6) is -0.496. The van der Waals surface area contributed by atoms with Crippen molar-refractivity contribution in [1.82, 2.24) is 10.6 Å². The number of carbonyl (C=O) groups is 1. The maximum atomic E-state index is 13.3. The van der Waals surface area contributed by atoms with Crippen LogP contribution in [-0.2, 0) is 4.79 Å². The van der Waals surface area contributed by atoms with Crippen LogP contribution in [0, 0.1) is 5.82 Å². The van der Waals surface area contributed by atoms with Crippen molar-refractivity contribution in [1.29, 1.82) is 0 Å². The Morgan fingerprint density at radius 1 is 1.61 bits per heavy atom. The molecule has 0 aromatic heterocycles. The Bertz CT molecular complexity index is 447. The van der Waals surface area contributed by atoms with Gasteiger partial charge in [0.25, 0.3) is 0 Å². The number of carbonyl (C=O) groups excluding carboxylic acids is 1. The molecule has 98 valence electrons. The molecule has 2 unspecified atom stereocenters. The Labute approximate surface area is 111 Å². The molecular weight excluding hydrogens is 255 g/mol. The summed E-state index contributed by atoms with van der Waals surface area (Å²) in [6.45, 7) is 2.71. The van der Waals surface area contributed by atoms with E-state index < -0.39 is 5.82 Å². The summed E-state index contributed by atoms with van der Waals surface area (Å²) in [6.07, 6.45) is 1.87. The van der Waals surface area contributed by atoms with E-state index in [4.69, 9.17) is 11.6 Å². The molecule has 0 spiro atoms. The fourth-order valence-electron chi connectivity index (χ4n) is 2.09. The molecule has 5 heteroatoms. The molecule has 3 nitrogen and oxygen atoms in total. The topological polar surface area (TPSA) is 41.1 Å². The van der Waals surface area contributed by atoms with Gasteiger partial charge in [-0.15, -0.1) is 0 Å². The summed E-state index contributed by atoms with van der Waals surface area (Å²) in [5.41, 5.74) is 0.711. The van der Waals surface area contributed by atoms with Crippen LogP contribution in [0.2, 0.25) is 5.02 Å². The molecule has 1 heterocycles. The lowest BCUT2D eigenvalue weighted by Crippen LogP contribution is -2.41. The third-order valence-corrected chi connectivity index (χ3v) is 3.49. The molecule has 0 saturated carbocycles. The van der Waals surface area contributed by atoms with Gasteiger partial charge in [-0.3, -0.25) is 4.79 Å². The second-order valence-electron chi connectivity index (χ2n) is 4.55. The number of hydrogen-bond donors (Lipinski definition) is 2. The number of nitrogens with one attached hydrogen (secondary N) is 2. The number of rotatable bonds is 3. The molecule has 1 aliphatic heterocycles. The van der Waals surface area contributed by atoms with Crippen molar-refractivity contribution >= 4 is 17.5 Å². The van der Waals surface area contributed by atoms with Gasteiger partial charge in [-0.05, 0) is 44.0 Å². The third-order valence-electron chi connectivity index (χ3n) is 3.18. The highest BCUT2D eigenvalue weighted by atomic mass is 35.5. The molecule has 1 aromatic rings. The van der Waals surface area contributed by atoms with E-state index in [9.17, 15) is 9.18 Å². The van der Waals surface area contributed by atoms with Gasteiger partial charge in [-0.2, -0.15) is 0 Å². The monoisotopic (exact) mass is 270 g/mol. The van der Waals surface area contributed by atoms with Crippen LogP contribution in [0.1, 0.15) is 31.4 Å². The molecule has 0 aliphatic carbocycles. The van der Waals surface area contributed by atoms with Gasteiger partial charge in [0.1, 0.15) is 5.82 Å². The van der Waals surface area contributed by atoms with Crippen LogP contribution < -0.4 is 10.6 Å². The maximum Gasteiger partial charge on any atom is 0.237 e. The Balaban J connectivity index is 2.00. The lowest BCUT2D eigenvalue weighted by atomic mass is 10.1. The lowest BCUT2D eigenvalue weighted by molar-refractivity contribution is -0.123. The van der Waals surface area contributed by atoms with E-state index in [1.807, 2.05) is 6.92 Å². The molecule has 0 bridgehead atoms. The standard InChI is InChI=1S/C13H16ClFN2O/c1-8(9-4-5-10(14)11(15)7-9)17-13(18)12-3-2-6-16-12/h4-5,7-8,12,16H,2-3,6H2,1H3,(H,17,18). The summed E-state index contributed by atoms with van der Waals surface area (Å²) < 4.78 is 13.3. The molecule has 1 fully saturated rings. The van der Waals surface area contributed by atoms with E-state index >= 15 is 0 Å². The summed E-state index contributed by atoms with van der Waals surface area (Å²) in [6, 6.07) is 4.23. The van der Waals surface area contributed by atoms with Crippen LogP contribution in [0.25, 0.3) is 0 Å². The predicted octanol–water partition coefficient (Wildman–Crippen LogP) is 2.41. The molecule has 2 rings (SSSR count). The predicted molar refractivity (Wildman–Crippen MR) is 69.0 cm³/mol. The maximum absolute atomic E-state index is 13.3. The van der Waals surface area contributed by atoms with Crippen LogP contribution >= 0.6 is 11.6 Å². The van der Waals surface area contributed by atoms with E-state index in [2.05, 4.69) is 10.6 Å². The average molecular weight is 271 g/mol. The Morgan fingerprint density at radius 2 is 2.39 bits per heavy atom. The zero-order valence-corrected chi connectivity index (χ0v) is 10.9. The van der Waals surface area contributed by atoms with E-state index in [-0.39, 0.29) is 23.0 Å². The Hall–Kier alpha value is -1.13. The normalized spacial score (nSPS) is 20.7. The molecule has 1 amide bonds. The smallest absolute Gasteiger partial charge is 0.237 e. The van der Waals surface area contributed by atoms with Gasteiger partial charge in [0, 0.05) is 0 Å². The molecule has 2 atom stereocenters. The highest BCUT2D eigenvalue weighted by Gasteiger charge is 2.23. The summed E-state index contributed by atoms with van der Waals surface area (Å²) in [5, 5.41) is 6.09. The van der Waals surface area contributed by atoms with Crippen LogP contribution in [0.4, 0.5) is 4.39 Å². The van der Waals surface area contributed by atoms with E-state index in [1.54, 1.807) is 6.07 Å². The van der Waals surface area contributed by atoms with Gasteiger partial charge in [-0.25, -0.2) is 4.39 Å². The number of hydrogen-bond acceptors (Lipinski definition) is 2. The van der Waals surface area contributed by atoms with Crippen LogP contribution in [0.15, 0.2) is 18.2 Å². The van der Waals surface area contributed by atoms with Crippen molar-refractivity contribution in [2.24, 2.45) is 0 Å². The van der Waals surface area contributed by atoms with Crippen molar-refractivity contribution in [3.8, 4) is 0 Å². The first kappa shape index (κ1) is 13.3. The quantitative estimate of drug-likeness (QED) is 0.886. The van der Waals surface area contributed by atoms with Crippen molar-refractivity contribution in [2.75, 3.05) is 6.54 Å². The second-order valence-corrected chi connectivity index (χ2v) is 4.96. The third kappa shape index (κ3) is 3.00. The molecule has 0 radical (unpaired) electrons. The highest BCUT2D eigenvalue weighted by Crippen LogP contribution is 2.20. The lowest BCUT2D eigenvalue weighted by Gasteiger charge is -2.17. The fraction of sp³-hybridized carbons (Fsp3) is 0.462. The number of amides is 1. The largest absolute Gasteiger partial charge is 0.348 e. The Morgan fingerprint density at radius 3 is 3.00 bits per heavy atom. The van der Waals surface area contributed by atoms with E-state index in [0.717, 1.165) is 19.4 Å². The van der Waals surface area contributed by atoms with Gasteiger partial charge >= 0.3 is 0 Å². The van der Waals surface area contributed by atoms with E-state index in [1.165, 1.54) is 12.1 Å². The van der Waals surface area contributed by atoms with Gasteiger partial charge in [0.2, 0.25) is 5.91 Å². The van der Waals surface area contributed by atoms with Crippen molar-refractivity contribution in [3.63, 3.8) is 0 Å². The van der Waals surface area contributed by atoms with Gasteiger partial charge in [-0.1, -0.05) is 17.7 Å². The first-order valence-corrected chi connectivity index (χ1v) is 6.44. The van der Waals surface area contributed by atoms with Crippen LogP contribution in [-0.4, -0.2) is 18.5 Å². The second kappa shape index (κ2) is 5.67. The van der Waals surface area contributed by atoms with Crippen LogP contribution in [0.3, 0.4) is 0 Å². The molecule has 1 aromatic carbocycles. The van der Waals surface area contributed by atoms with Crippen LogP contribution in [0.5, 0.6) is 0 Å². The van der Waals surface area contributed by atoms with Gasteiger partial charge in [0.15, 0.2) is 0 Å². The zero-order chi connectivity index (χ0) is 13.1. The summed E-state index contributed by atoms with van der Waals surface area (Å²) in [4.78, 5) is 11.9. The average Bonchev–Trinajstić information content (AvgIpc) is 2.86. The highest BCUT2D eigenvalue weighted by molar-refractivity contribution is 6.30. The minimum absolute atomic E-state index is 0.0321. The number of halogens is 2. The zero-order valence-electron chi connectivity index (χ0n) is 10.2. The molecule has 1 saturated heterocycles. The number of benzene rings is 1. The summed E-state index contributed by atoms with van der Waals surface area (Å²) in [7, 11) is 0. The summed E-state index contributed by atoms with van der Waals surface area (Å²) >= 11 is 5.62. The minimum atomic E-state index is -0.464.